The average Bonchev–Trinajstić information content (AvgIpc) is 2.76. The first-order chi connectivity index (χ1) is 8.18. The first-order valence-electron chi connectivity index (χ1n) is 6.48. The Labute approximate surface area is 107 Å². The third-order valence-electron chi connectivity index (χ3n) is 3.58. The van der Waals surface area contributed by atoms with E-state index in [9.17, 15) is 9.90 Å². The molecule has 0 spiro atoms. The first kappa shape index (κ1) is 13.2. The lowest BCUT2D eigenvalue weighted by Crippen LogP contribution is -2.45. The van der Waals surface area contributed by atoms with E-state index in [1.807, 2.05) is 11.8 Å². The summed E-state index contributed by atoms with van der Waals surface area (Å²) in [4.78, 5) is 11.7. The van der Waals surface area contributed by atoms with Gasteiger partial charge >= 0.3 is 0 Å². The molecule has 0 radical (unpaired) electrons. The fraction of sp³-hybridized carbons (Fsp3) is 0.917. The molecule has 1 heterocycles. The fourth-order valence-corrected chi connectivity index (χ4v) is 3.47. The van der Waals surface area contributed by atoms with E-state index in [0.717, 1.165) is 43.7 Å². The Morgan fingerprint density at radius 1 is 1.47 bits per heavy atom. The number of carbonyl (C=O) groups excluding carboxylic acids is 1. The van der Waals surface area contributed by atoms with Gasteiger partial charge in [0.1, 0.15) is 0 Å². The molecule has 0 aromatic carbocycles. The van der Waals surface area contributed by atoms with Crippen molar-refractivity contribution in [1.29, 1.82) is 0 Å². The monoisotopic (exact) mass is 258 g/mol. The second-order valence-corrected chi connectivity index (χ2v) is 6.29. The minimum Gasteiger partial charge on any atom is -0.388 e. The summed E-state index contributed by atoms with van der Waals surface area (Å²) in [6.07, 6.45) is 4.33. The molecule has 2 fully saturated rings. The summed E-state index contributed by atoms with van der Waals surface area (Å²) in [5.41, 5.74) is -0.635. The molecular formula is C12H22N2O2S. The van der Waals surface area contributed by atoms with Crippen molar-refractivity contribution in [3.8, 4) is 0 Å². The molecule has 4 nitrogen and oxygen atoms in total. The van der Waals surface area contributed by atoms with Crippen molar-refractivity contribution in [2.75, 3.05) is 24.6 Å². The van der Waals surface area contributed by atoms with Crippen molar-refractivity contribution in [1.82, 2.24) is 10.6 Å². The summed E-state index contributed by atoms with van der Waals surface area (Å²) >= 11 is 1.90. The fourth-order valence-electron chi connectivity index (χ4n) is 2.52. The molecule has 5 heteroatoms. The third-order valence-corrected chi connectivity index (χ3v) is 4.71. The van der Waals surface area contributed by atoms with Crippen LogP contribution in [0.15, 0.2) is 0 Å². The predicted molar refractivity (Wildman–Crippen MR) is 70.2 cm³/mol. The molecule has 0 aromatic heterocycles. The highest BCUT2D eigenvalue weighted by Crippen LogP contribution is 2.28. The molecule has 2 rings (SSSR count). The Kier molecular flexibility index (Phi) is 4.70. The number of hydrogen-bond acceptors (Lipinski definition) is 4. The molecule has 17 heavy (non-hydrogen) atoms. The molecule has 98 valence electrons. The van der Waals surface area contributed by atoms with Crippen molar-refractivity contribution >= 4 is 17.7 Å². The van der Waals surface area contributed by atoms with E-state index in [0.29, 0.717) is 19.0 Å². The summed E-state index contributed by atoms with van der Waals surface area (Å²) in [5.74, 6) is 2.21. The molecule has 1 amide bonds. The lowest BCUT2D eigenvalue weighted by molar-refractivity contribution is -0.122. The Morgan fingerprint density at radius 2 is 2.24 bits per heavy atom. The molecular weight excluding hydrogens is 236 g/mol. The van der Waals surface area contributed by atoms with Crippen molar-refractivity contribution < 1.29 is 9.90 Å². The van der Waals surface area contributed by atoms with E-state index >= 15 is 0 Å². The zero-order valence-corrected chi connectivity index (χ0v) is 11.0. The Bertz CT molecular complexity index is 261. The number of carbonyl (C=O) groups is 1. The Hall–Kier alpha value is -0.260. The SMILES string of the molecule is O=C(CC1CSCCN1)NCC1(O)CCCC1. The molecule has 1 aliphatic carbocycles. The highest BCUT2D eigenvalue weighted by Gasteiger charge is 2.31. The minimum atomic E-state index is -0.635. The van der Waals surface area contributed by atoms with Crippen molar-refractivity contribution in [2.45, 2.75) is 43.7 Å². The van der Waals surface area contributed by atoms with Gasteiger partial charge in [0.05, 0.1) is 5.60 Å². The number of hydrogen-bond donors (Lipinski definition) is 3. The molecule has 1 atom stereocenters. The highest BCUT2D eigenvalue weighted by molar-refractivity contribution is 7.99. The zero-order chi connectivity index (χ0) is 12.1. The van der Waals surface area contributed by atoms with Gasteiger partial charge in [-0.3, -0.25) is 4.79 Å². The van der Waals surface area contributed by atoms with Gasteiger partial charge < -0.3 is 15.7 Å². The standard InChI is InChI=1S/C12H22N2O2S/c15-11(7-10-8-17-6-5-13-10)14-9-12(16)3-1-2-4-12/h10,13,16H,1-9H2,(H,14,15). The van der Waals surface area contributed by atoms with Crippen molar-refractivity contribution in [3.05, 3.63) is 0 Å². The van der Waals surface area contributed by atoms with Crippen molar-refractivity contribution in [2.24, 2.45) is 0 Å². The van der Waals surface area contributed by atoms with Crippen LogP contribution in [0, 0.1) is 0 Å². The Balaban J connectivity index is 1.66. The number of amides is 1. The van der Waals surface area contributed by atoms with E-state index in [4.69, 9.17) is 0 Å². The van der Waals surface area contributed by atoms with Gasteiger partial charge in [0.15, 0.2) is 0 Å². The smallest absolute Gasteiger partial charge is 0.221 e. The molecule has 0 bridgehead atoms. The van der Waals surface area contributed by atoms with Gasteiger partial charge in [0.25, 0.3) is 0 Å². The topological polar surface area (TPSA) is 61.4 Å². The maximum Gasteiger partial charge on any atom is 0.221 e. The van der Waals surface area contributed by atoms with Gasteiger partial charge in [-0.25, -0.2) is 0 Å². The van der Waals surface area contributed by atoms with Gasteiger partial charge in [-0.2, -0.15) is 11.8 Å². The molecule has 1 unspecified atom stereocenters. The Morgan fingerprint density at radius 3 is 2.88 bits per heavy atom. The van der Waals surface area contributed by atoms with Crippen LogP contribution < -0.4 is 10.6 Å². The lowest BCUT2D eigenvalue weighted by Gasteiger charge is -2.25. The molecule has 2 aliphatic rings. The van der Waals surface area contributed by atoms with E-state index in [1.54, 1.807) is 0 Å². The second kappa shape index (κ2) is 6.07. The maximum absolute atomic E-state index is 11.7. The van der Waals surface area contributed by atoms with Gasteiger partial charge in [-0.15, -0.1) is 0 Å². The molecule has 3 N–H and O–H groups in total. The minimum absolute atomic E-state index is 0.0605. The van der Waals surface area contributed by atoms with Gasteiger partial charge in [-0.1, -0.05) is 12.8 Å². The van der Waals surface area contributed by atoms with Crippen molar-refractivity contribution in [3.63, 3.8) is 0 Å². The van der Waals surface area contributed by atoms with Crippen LogP contribution in [0.25, 0.3) is 0 Å². The van der Waals surface area contributed by atoms with E-state index < -0.39 is 5.60 Å². The summed E-state index contributed by atoms with van der Waals surface area (Å²) in [6, 6.07) is 0.298. The predicted octanol–water partition coefficient (Wildman–Crippen LogP) is 0.503. The molecule has 1 saturated carbocycles. The third kappa shape index (κ3) is 4.16. The normalized spacial score (nSPS) is 27.9. The van der Waals surface area contributed by atoms with E-state index in [2.05, 4.69) is 10.6 Å². The van der Waals surface area contributed by atoms with Crippen LogP contribution in [-0.4, -0.2) is 47.3 Å². The van der Waals surface area contributed by atoms with E-state index in [1.165, 1.54) is 0 Å². The highest BCUT2D eigenvalue weighted by atomic mass is 32.2. The van der Waals surface area contributed by atoms with Gasteiger partial charge in [-0.05, 0) is 12.8 Å². The number of thioether (sulfide) groups is 1. The quantitative estimate of drug-likeness (QED) is 0.687. The number of rotatable bonds is 4. The van der Waals surface area contributed by atoms with Crippen LogP contribution in [0.4, 0.5) is 0 Å². The van der Waals surface area contributed by atoms with Crippen LogP contribution in [-0.2, 0) is 4.79 Å². The lowest BCUT2D eigenvalue weighted by atomic mass is 10.0. The maximum atomic E-state index is 11.7. The summed E-state index contributed by atoms with van der Waals surface area (Å²) < 4.78 is 0. The molecule has 0 aromatic rings. The zero-order valence-electron chi connectivity index (χ0n) is 10.2. The molecule has 1 saturated heterocycles. The van der Waals surface area contributed by atoms with Crippen LogP contribution in [0.5, 0.6) is 0 Å². The van der Waals surface area contributed by atoms with Crippen LogP contribution in [0.3, 0.4) is 0 Å². The van der Waals surface area contributed by atoms with Crippen LogP contribution >= 0.6 is 11.8 Å². The van der Waals surface area contributed by atoms with Crippen LogP contribution in [0.1, 0.15) is 32.1 Å². The summed E-state index contributed by atoms with van der Waals surface area (Å²) in [6.45, 7) is 1.41. The number of aliphatic hydroxyl groups is 1. The second-order valence-electron chi connectivity index (χ2n) is 5.14. The van der Waals surface area contributed by atoms with Crippen LogP contribution in [0.2, 0.25) is 0 Å². The van der Waals surface area contributed by atoms with Gasteiger partial charge in [0.2, 0.25) is 5.91 Å². The average molecular weight is 258 g/mol. The number of nitrogens with one attached hydrogen (secondary N) is 2. The largest absolute Gasteiger partial charge is 0.388 e. The van der Waals surface area contributed by atoms with E-state index in [-0.39, 0.29) is 5.91 Å². The summed E-state index contributed by atoms with van der Waals surface area (Å²) in [7, 11) is 0. The first-order valence-corrected chi connectivity index (χ1v) is 7.64. The van der Waals surface area contributed by atoms with Gasteiger partial charge in [0, 0.05) is 37.1 Å². The summed E-state index contributed by atoms with van der Waals surface area (Å²) in [5, 5.41) is 16.3. The molecule has 1 aliphatic heterocycles.